The number of Topliss-reactive ketones (excluding diaryl/α,β-unsaturated/α-hetero) is 1. The number of carbonyl (C=O) groups excluding carboxylic acids is 4. The summed E-state index contributed by atoms with van der Waals surface area (Å²) in [5.74, 6) is -1.76. The van der Waals surface area contributed by atoms with E-state index in [-0.39, 0.29) is 29.1 Å². The molecule has 0 bridgehead atoms. The molecule has 2 amide bonds. The van der Waals surface area contributed by atoms with Crippen LogP contribution < -0.4 is 10.6 Å². The highest BCUT2D eigenvalue weighted by Crippen LogP contribution is 2.34. The molecule has 0 radical (unpaired) electrons. The van der Waals surface area contributed by atoms with E-state index in [9.17, 15) is 19.2 Å². The standard InChI is InChI=1S/C20H20N2O5S/c1-9-11(3)28-19(21-12(4)23)17(9)20(26)27-8-16(24)13-5-6-15-14(7-13)10(2)18(25)22-15/h5-7,10H,8H2,1-4H3,(H,21,23)(H,22,25)/t10-/m0/s1. The van der Waals surface area contributed by atoms with Gasteiger partial charge >= 0.3 is 5.97 Å². The third-order valence-electron chi connectivity index (χ3n) is 4.70. The molecule has 1 atom stereocenters. The molecule has 1 aliphatic rings. The Hall–Kier alpha value is -3.00. The number of hydrogen-bond donors (Lipinski definition) is 2. The van der Waals surface area contributed by atoms with Crippen LogP contribution in [-0.2, 0) is 14.3 Å². The van der Waals surface area contributed by atoms with Gasteiger partial charge in [0.2, 0.25) is 11.8 Å². The summed E-state index contributed by atoms with van der Waals surface area (Å²) >= 11 is 1.29. The van der Waals surface area contributed by atoms with Crippen molar-refractivity contribution in [1.82, 2.24) is 0 Å². The van der Waals surface area contributed by atoms with Crippen LogP contribution >= 0.6 is 11.3 Å². The topological polar surface area (TPSA) is 102 Å². The van der Waals surface area contributed by atoms with E-state index in [1.54, 1.807) is 32.0 Å². The van der Waals surface area contributed by atoms with Crippen LogP contribution in [0, 0.1) is 13.8 Å². The molecule has 3 rings (SSSR count). The van der Waals surface area contributed by atoms with Crippen molar-refractivity contribution in [3.63, 3.8) is 0 Å². The number of carbonyl (C=O) groups is 4. The van der Waals surface area contributed by atoms with E-state index in [1.165, 1.54) is 18.3 Å². The summed E-state index contributed by atoms with van der Waals surface area (Å²) in [6.45, 7) is 6.30. The van der Waals surface area contributed by atoms with Crippen molar-refractivity contribution in [3.8, 4) is 0 Å². The Balaban J connectivity index is 1.73. The maximum absolute atomic E-state index is 12.5. The lowest BCUT2D eigenvalue weighted by Gasteiger charge is -2.08. The maximum atomic E-state index is 12.5. The van der Waals surface area contributed by atoms with Crippen LogP contribution in [0.3, 0.4) is 0 Å². The number of benzene rings is 1. The number of rotatable bonds is 5. The highest BCUT2D eigenvalue weighted by molar-refractivity contribution is 7.16. The number of amides is 2. The van der Waals surface area contributed by atoms with E-state index in [0.29, 0.717) is 21.8 Å². The summed E-state index contributed by atoms with van der Waals surface area (Å²) in [4.78, 5) is 49.0. The molecule has 7 nitrogen and oxygen atoms in total. The first-order valence-corrected chi connectivity index (χ1v) is 9.53. The first-order valence-electron chi connectivity index (χ1n) is 8.71. The molecule has 0 spiro atoms. The maximum Gasteiger partial charge on any atom is 0.341 e. The molecular formula is C20H20N2O5S. The fourth-order valence-electron chi connectivity index (χ4n) is 3.00. The number of aryl methyl sites for hydroxylation is 1. The number of nitrogens with one attached hydrogen (secondary N) is 2. The third-order valence-corrected chi connectivity index (χ3v) is 5.83. The van der Waals surface area contributed by atoms with Crippen molar-refractivity contribution in [3.05, 3.63) is 45.3 Å². The van der Waals surface area contributed by atoms with Gasteiger partial charge in [-0.05, 0) is 50.1 Å². The predicted octanol–water partition coefficient (Wildman–Crippen LogP) is 3.42. The summed E-state index contributed by atoms with van der Waals surface area (Å²) in [5, 5.41) is 5.79. The monoisotopic (exact) mass is 400 g/mol. The highest BCUT2D eigenvalue weighted by atomic mass is 32.1. The SMILES string of the molecule is CC(=O)Nc1sc(C)c(C)c1C(=O)OCC(=O)c1ccc2c(c1)[C@H](C)C(=O)N2. The van der Waals surface area contributed by atoms with Gasteiger partial charge in [0.25, 0.3) is 0 Å². The number of ether oxygens (including phenoxy) is 1. The van der Waals surface area contributed by atoms with Crippen molar-refractivity contribution in [1.29, 1.82) is 0 Å². The first kappa shape index (κ1) is 19.8. The number of thiophene rings is 1. The van der Waals surface area contributed by atoms with Crippen LogP contribution in [0.4, 0.5) is 10.7 Å². The Labute approximate surface area is 166 Å². The first-order chi connectivity index (χ1) is 13.2. The lowest BCUT2D eigenvalue weighted by Crippen LogP contribution is -2.16. The minimum atomic E-state index is -0.662. The second-order valence-electron chi connectivity index (χ2n) is 6.68. The third kappa shape index (κ3) is 3.68. The number of ketones is 1. The van der Waals surface area contributed by atoms with E-state index in [0.717, 1.165) is 10.4 Å². The molecule has 0 saturated carbocycles. The smallest absolute Gasteiger partial charge is 0.341 e. The fraction of sp³-hybridized carbons (Fsp3) is 0.300. The molecular weight excluding hydrogens is 380 g/mol. The van der Waals surface area contributed by atoms with Gasteiger partial charge in [0.15, 0.2) is 12.4 Å². The highest BCUT2D eigenvalue weighted by Gasteiger charge is 2.28. The molecule has 2 aromatic rings. The number of hydrogen-bond acceptors (Lipinski definition) is 6. The van der Waals surface area contributed by atoms with Crippen LogP contribution in [0.25, 0.3) is 0 Å². The van der Waals surface area contributed by atoms with Crippen LogP contribution in [0.15, 0.2) is 18.2 Å². The molecule has 146 valence electrons. The molecule has 2 heterocycles. The van der Waals surface area contributed by atoms with Crippen molar-refractivity contribution < 1.29 is 23.9 Å². The van der Waals surface area contributed by atoms with Crippen LogP contribution in [0.1, 0.15) is 56.5 Å². The second-order valence-corrected chi connectivity index (χ2v) is 7.91. The summed E-state index contributed by atoms with van der Waals surface area (Å²) in [6, 6.07) is 4.92. The van der Waals surface area contributed by atoms with E-state index < -0.39 is 12.6 Å². The van der Waals surface area contributed by atoms with Crippen molar-refractivity contribution >= 4 is 45.6 Å². The Bertz CT molecular complexity index is 1010. The van der Waals surface area contributed by atoms with Gasteiger partial charge in [0, 0.05) is 23.1 Å². The van der Waals surface area contributed by atoms with Gasteiger partial charge in [0.1, 0.15) is 5.00 Å². The normalized spacial score (nSPS) is 15.0. The van der Waals surface area contributed by atoms with Crippen LogP contribution in [-0.4, -0.2) is 30.2 Å². The molecule has 2 N–H and O–H groups in total. The van der Waals surface area contributed by atoms with Crippen molar-refractivity contribution in [2.24, 2.45) is 0 Å². The zero-order valence-electron chi connectivity index (χ0n) is 16.0. The molecule has 28 heavy (non-hydrogen) atoms. The summed E-state index contributed by atoms with van der Waals surface area (Å²) in [7, 11) is 0. The summed E-state index contributed by atoms with van der Waals surface area (Å²) in [5.41, 5.74) is 2.79. The van der Waals surface area contributed by atoms with E-state index >= 15 is 0 Å². The average Bonchev–Trinajstić information content (AvgIpc) is 3.07. The summed E-state index contributed by atoms with van der Waals surface area (Å²) < 4.78 is 5.21. The molecule has 0 fully saturated rings. The van der Waals surface area contributed by atoms with Gasteiger partial charge in [-0.2, -0.15) is 0 Å². The van der Waals surface area contributed by atoms with Gasteiger partial charge in [-0.15, -0.1) is 11.3 Å². The van der Waals surface area contributed by atoms with Gasteiger partial charge in [-0.25, -0.2) is 4.79 Å². The Kier molecular flexibility index (Phi) is 5.33. The Morgan fingerprint density at radius 1 is 1.25 bits per heavy atom. The van der Waals surface area contributed by atoms with Gasteiger partial charge in [0.05, 0.1) is 11.5 Å². The molecule has 8 heteroatoms. The molecule has 1 aromatic carbocycles. The van der Waals surface area contributed by atoms with Crippen LogP contribution in [0.2, 0.25) is 0 Å². The Morgan fingerprint density at radius 2 is 1.96 bits per heavy atom. The second kappa shape index (κ2) is 7.55. The van der Waals surface area contributed by atoms with Crippen molar-refractivity contribution in [2.45, 2.75) is 33.6 Å². The fourth-order valence-corrected chi connectivity index (χ4v) is 4.09. The Morgan fingerprint density at radius 3 is 2.64 bits per heavy atom. The van der Waals surface area contributed by atoms with Gasteiger partial charge in [-0.1, -0.05) is 0 Å². The lowest BCUT2D eigenvalue weighted by atomic mass is 9.99. The molecule has 0 saturated heterocycles. The minimum Gasteiger partial charge on any atom is -0.454 e. The average molecular weight is 400 g/mol. The minimum absolute atomic E-state index is 0.111. The van der Waals surface area contributed by atoms with E-state index in [1.807, 2.05) is 6.92 Å². The molecule has 1 aliphatic heterocycles. The van der Waals surface area contributed by atoms with E-state index in [4.69, 9.17) is 4.74 Å². The van der Waals surface area contributed by atoms with Gasteiger partial charge < -0.3 is 15.4 Å². The van der Waals surface area contributed by atoms with Crippen molar-refractivity contribution in [2.75, 3.05) is 17.2 Å². The number of fused-ring (bicyclic) bond motifs is 1. The quantitative estimate of drug-likeness (QED) is 0.591. The van der Waals surface area contributed by atoms with Crippen LogP contribution in [0.5, 0.6) is 0 Å². The lowest BCUT2D eigenvalue weighted by molar-refractivity contribution is -0.116. The molecule has 0 aliphatic carbocycles. The predicted molar refractivity (Wildman–Crippen MR) is 106 cm³/mol. The summed E-state index contributed by atoms with van der Waals surface area (Å²) in [6.07, 6.45) is 0. The number of esters is 1. The number of anilines is 2. The van der Waals surface area contributed by atoms with Gasteiger partial charge in [-0.3, -0.25) is 14.4 Å². The van der Waals surface area contributed by atoms with E-state index in [2.05, 4.69) is 10.6 Å². The zero-order valence-corrected chi connectivity index (χ0v) is 16.8. The molecule has 1 aromatic heterocycles. The molecule has 0 unspecified atom stereocenters. The zero-order chi connectivity index (χ0) is 20.6. The largest absolute Gasteiger partial charge is 0.454 e.